The molecule has 4 aromatic rings. The van der Waals surface area contributed by atoms with E-state index in [1.165, 1.54) is 48.9 Å². The first-order chi connectivity index (χ1) is 20.2. The first kappa shape index (κ1) is 30.2. The molecule has 1 aliphatic heterocycles. The van der Waals surface area contributed by atoms with Gasteiger partial charge < -0.3 is 10.0 Å². The van der Waals surface area contributed by atoms with Gasteiger partial charge in [-0.2, -0.15) is 26.3 Å². The maximum absolute atomic E-state index is 13.1. The lowest BCUT2D eigenvalue weighted by Crippen LogP contribution is -2.37. The molecule has 1 aliphatic rings. The van der Waals surface area contributed by atoms with E-state index in [1.54, 1.807) is 0 Å². The van der Waals surface area contributed by atoms with Gasteiger partial charge in [0, 0.05) is 29.9 Å². The zero-order valence-electron chi connectivity index (χ0n) is 21.8. The average Bonchev–Trinajstić information content (AvgIpc) is 3.69. The van der Waals surface area contributed by atoms with Gasteiger partial charge in [-0.05, 0) is 42.8 Å². The molecule has 0 radical (unpaired) electrons. The van der Waals surface area contributed by atoms with Crippen molar-refractivity contribution in [1.82, 2.24) is 39.0 Å². The highest BCUT2D eigenvalue weighted by atomic mass is 35.5. The Morgan fingerprint density at radius 3 is 2.44 bits per heavy atom. The number of halogens is 7. The standard InChI is InChI=1S/C25H21ClF6N8O3/c26-16-5-3-14(4-6-16)21-36-39(23(43)38(21)11-18(41)25(30,31)32)12-19-34-13-40(35-19)17-2-1-8-33-20(17)22(42)37-9-7-15(10-37)24(27,28)29/h1-6,8,13,15,18,41H,7,9-12H2/t15?,18-/m1/s1. The van der Waals surface area contributed by atoms with E-state index in [0.717, 1.165) is 14.3 Å². The summed E-state index contributed by atoms with van der Waals surface area (Å²) in [5.41, 5.74) is -0.805. The molecule has 1 N–H and O–H groups in total. The summed E-state index contributed by atoms with van der Waals surface area (Å²) in [7, 11) is 0. The van der Waals surface area contributed by atoms with Crippen LogP contribution in [-0.2, 0) is 13.1 Å². The Kier molecular flexibility index (Phi) is 8.04. The molecule has 1 fully saturated rings. The number of alkyl halides is 6. The summed E-state index contributed by atoms with van der Waals surface area (Å²) >= 11 is 5.90. The van der Waals surface area contributed by atoms with Gasteiger partial charge in [0.05, 0.1) is 18.2 Å². The van der Waals surface area contributed by atoms with Gasteiger partial charge in [-0.15, -0.1) is 10.2 Å². The predicted molar refractivity (Wildman–Crippen MR) is 137 cm³/mol. The molecule has 0 spiro atoms. The van der Waals surface area contributed by atoms with Crippen LogP contribution in [0.4, 0.5) is 26.3 Å². The van der Waals surface area contributed by atoms with E-state index in [4.69, 9.17) is 11.6 Å². The molecule has 1 unspecified atom stereocenters. The van der Waals surface area contributed by atoms with Crippen LogP contribution >= 0.6 is 11.6 Å². The highest BCUT2D eigenvalue weighted by Crippen LogP contribution is 2.34. The van der Waals surface area contributed by atoms with Crippen molar-refractivity contribution < 1.29 is 36.2 Å². The van der Waals surface area contributed by atoms with Crippen LogP contribution in [0.2, 0.25) is 5.02 Å². The summed E-state index contributed by atoms with van der Waals surface area (Å²) in [6, 6.07) is 8.71. The Morgan fingerprint density at radius 2 is 1.79 bits per heavy atom. The van der Waals surface area contributed by atoms with Crippen LogP contribution in [0.15, 0.2) is 53.7 Å². The molecule has 5 rings (SSSR count). The molecule has 18 heteroatoms. The van der Waals surface area contributed by atoms with Crippen LogP contribution in [0.1, 0.15) is 22.7 Å². The fraction of sp³-hybridized carbons (Fsp3) is 0.360. The van der Waals surface area contributed by atoms with Gasteiger partial charge in [0.15, 0.2) is 23.4 Å². The highest BCUT2D eigenvalue weighted by molar-refractivity contribution is 6.30. The molecular formula is C25H21ClF6N8O3. The van der Waals surface area contributed by atoms with E-state index < -0.39 is 55.6 Å². The molecule has 2 atom stereocenters. The average molecular weight is 631 g/mol. The smallest absolute Gasteiger partial charge is 0.382 e. The predicted octanol–water partition coefficient (Wildman–Crippen LogP) is 3.34. The van der Waals surface area contributed by atoms with Crippen molar-refractivity contribution in [2.75, 3.05) is 13.1 Å². The Hall–Kier alpha value is -4.25. The molecule has 1 saturated heterocycles. The maximum Gasteiger partial charge on any atom is 0.416 e. The van der Waals surface area contributed by atoms with Crippen molar-refractivity contribution >= 4 is 17.5 Å². The highest BCUT2D eigenvalue weighted by Gasteiger charge is 2.45. The number of carbonyl (C=O) groups excluding carboxylic acids is 1. The fourth-order valence-electron chi connectivity index (χ4n) is 4.53. The quantitative estimate of drug-likeness (QED) is 0.311. The van der Waals surface area contributed by atoms with Crippen LogP contribution in [0, 0.1) is 5.92 Å². The van der Waals surface area contributed by atoms with Crippen molar-refractivity contribution in [1.29, 1.82) is 0 Å². The summed E-state index contributed by atoms with van der Waals surface area (Å²) in [5.74, 6) is -2.58. The summed E-state index contributed by atoms with van der Waals surface area (Å²) in [6.07, 6.45) is -10.0. The van der Waals surface area contributed by atoms with Crippen molar-refractivity contribution in [3.05, 3.63) is 75.9 Å². The maximum atomic E-state index is 13.1. The van der Waals surface area contributed by atoms with Gasteiger partial charge in [-0.3, -0.25) is 9.36 Å². The van der Waals surface area contributed by atoms with E-state index >= 15 is 0 Å². The second kappa shape index (κ2) is 11.4. The van der Waals surface area contributed by atoms with E-state index in [2.05, 4.69) is 20.2 Å². The van der Waals surface area contributed by atoms with Gasteiger partial charge in [0.1, 0.15) is 12.9 Å². The number of pyridine rings is 1. The first-order valence-electron chi connectivity index (χ1n) is 12.6. The summed E-state index contributed by atoms with van der Waals surface area (Å²) < 4.78 is 81.4. The number of rotatable bonds is 7. The lowest BCUT2D eigenvalue weighted by atomic mass is 10.1. The van der Waals surface area contributed by atoms with E-state index in [1.807, 2.05) is 0 Å². The molecular weight excluding hydrogens is 610 g/mol. The largest absolute Gasteiger partial charge is 0.416 e. The normalized spacial score (nSPS) is 16.6. The van der Waals surface area contributed by atoms with Gasteiger partial charge >= 0.3 is 18.0 Å². The van der Waals surface area contributed by atoms with E-state index in [-0.39, 0.29) is 41.6 Å². The zero-order valence-corrected chi connectivity index (χ0v) is 22.6. The van der Waals surface area contributed by atoms with Crippen molar-refractivity contribution in [3.63, 3.8) is 0 Å². The lowest BCUT2D eigenvalue weighted by molar-refractivity contribution is -0.207. The van der Waals surface area contributed by atoms with E-state index in [9.17, 15) is 41.0 Å². The number of nitrogens with zero attached hydrogens (tertiary/aromatic N) is 8. The van der Waals surface area contributed by atoms with Gasteiger partial charge in [-0.25, -0.2) is 24.1 Å². The van der Waals surface area contributed by atoms with Crippen molar-refractivity contribution in [2.45, 2.75) is 38.0 Å². The first-order valence-corrected chi connectivity index (χ1v) is 13.0. The van der Waals surface area contributed by atoms with Crippen LogP contribution in [0.5, 0.6) is 0 Å². The number of carbonyl (C=O) groups is 1. The molecule has 1 aromatic carbocycles. The van der Waals surface area contributed by atoms with Gasteiger partial charge in [-0.1, -0.05) is 11.6 Å². The second-order valence-electron chi connectivity index (χ2n) is 9.69. The number of hydrogen-bond acceptors (Lipinski definition) is 7. The Morgan fingerprint density at radius 1 is 1.07 bits per heavy atom. The minimum atomic E-state index is -5.00. The minimum absolute atomic E-state index is 0.0358. The number of aliphatic hydroxyl groups is 1. The second-order valence-corrected chi connectivity index (χ2v) is 10.1. The molecule has 11 nitrogen and oxygen atoms in total. The summed E-state index contributed by atoms with van der Waals surface area (Å²) in [4.78, 5) is 35.4. The van der Waals surface area contributed by atoms with Crippen LogP contribution in [0.3, 0.4) is 0 Å². The Bertz CT molecular complexity index is 1680. The molecule has 43 heavy (non-hydrogen) atoms. The van der Waals surface area contributed by atoms with Gasteiger partial charge in [0.2, 0.25) is 0 Å². The molecule has 4 heterocycles. The Labute approximate surface area is 243 Å². The number of aromatic nitrogens is 7. The molecule has 228 valence electrons. The Balaban J connectivity index is 1.43. The number of benzene rings is 1. The minimum Gasteiger partial charge on any atom is -0.382 e. The number of hydrogen-bond donors (Lipinski definition) is 1. The van der Waals surface area contributed by atoms with Gasteiger partial charge in [0.25, 0.3) is 5.91 Å². The van der Waals surface area contributed by atoms with Crippen molar-refractivity contribution in [3.8, 4) is 17.1 Å². The molecule has 3 aromatic heterocycles. The monoisotopic (exact) mass is 630 g/mol. The molecule has 0 bridgehead atoms. The molecule has 0 saturated carbocycles. The topological polar surface area (TPSA) is 124 Å². The van der Waals surface area contributed by atoms with E-state index in [0.29, 0.717) is 9.59 Å². The SMILES string of the molecule is O=C(c1ncccc1-n1cnc(Cn2nc(-c3ccc(Cl)cc3)n(C[C@@H](O)C(F)(F)F)c2=O)n1)N1CCC(C(F)(F)F)C1. The number of likely N-dealkylation sites (tertiary alicyclic amines) is 1. The number of aliphatic hydroxyl groups excluding tert-OH is 1. The fourth-order valence-corrected chi connectivity index (χ4v) is 4.65. The summed E-state index contributed by atoms with van der Waals surface area (Å²) in [6.45, 7) is -2.16. The zero-order chi connectivity index (χ0) is 31.1. The number of amides is 1. The van der Waals surface area contributed by atoms with Crippen LogP contribution in [-0.4, -0.2) is 81.6 Å². The third-order valence-corrected chi connectivity index (χ3v) is 7.02. The van der Waals surface area contributed by atoms with Crippen LogP contribution in [0.25, 0.3) is 17.1 Å². The summed E-state index contributed by atoms with van der Waals surface area (Å²) in [5, 5.41) is 18.3. The molecule has 0 aliphatic carbocycles. The lowest BCUT2D eigenvalue weighted by Gasteiger charge is -2.18. The van der Waals surface area contributed by atoms with Crippen LogP contribution < -0.4 is 5.69 Å². The third-order valence-electron chi connectivity index (χ3n) is 6.76. The van der Waals surface area contributed by atoms with Crippen molar-refractivity contribution in [2.24, 2.45) is 5.92 Å². The third kappa shape index (κ3) is 6.41. The molecule has 1 amide bonds.